The highest BCUT2D eigenvalue weighted by molar-refractivity contribution is 5.27. The van der Waals surface area contributed by atoms with Crippen LogP contribution in [0.5, 0.6) is 0 Å². The number of hydrogen-bond donors (Lipinski definition) is 1. The first-order chi connectivity index (χ1) is 9.08. The van der Waals surface area contributed by atoms with Gasteiger partial charge in [-0.2, -0.15) is 0 Å². The molecule has 19 heavy (non-hydrogen) atoms. The molecule has 4 heteroatoms. The summed E-state index contributed by atoms with van der Waals surface area (Å²) in [6.07, 6.45) is 2.33. The maximum Gasteiger partial charge on any atom is 0.128 e. The van der Waals surface area contributed by atoms with Gasteiger partial charge in [-0.05, 0) is 43.7 Å². The van der Waals surface area contributed by atoms with Crippen LogP contribution in [0.2, 0.25) is 0 Å². The van der Waals surface area contributed by atoms with Crippen LogP contribution in [0.3, 0.4) is 0 Å². The summed E-state index contributed by atoms with van der Waals surface area (Å²) < 4.78 is 32.4. The minimum absolute atomic E-state index is 0.245. The normalized spacial score (nSPS) is 12.6. The van der Waals surface area contributed by atoms with Gasteiger partial charge in [0.15, 0.2) is 0 Å². The second kappa shape index (κ2) is 5.97. The Labute approximate surface area is 111 Å². The van der Waals surface area contributed by atoms with E-state index in [0.717, 1.165) is 5.76 Å². The summed E-state index contributed by atoms with van der Waals surface area (Å²) in [6, 6.07) is 5.96. The topological polar surface area (TPSA) is 25.2 Å². The number of halogens is 2. The molecule has 2 rings (SSSR count). The van der Waals surface area contributed by atoms with Crippen molar-refractivity contribution in [2.45, 2.75) is 26.3 Å². The van der Waals surface area contributed by atoms with Crippen molar-refractivity contribution < 1.29 is 13.2 Å². The number of hydrogen-bond acceptors (Lipinski definition) is 2. The SMILES string of the molecule is Cc1cc(F)c(C(C)NCCc2ccco2)cc1F. The van der Waals surface area contributed by atoms with Gasteiger partial charge in [-0.15, -0.1) is 0 Å². The van der Waals surface area contributed by atoms with Gasteiger partial charge >= 0.3 is 0 Å². The Bertz CT molecular complexity index is 537. The molecule has 0 aliphatic rings. The summed E-state index contributed by atoms with van der Waals surface area (Å²) in [4.78, 5) is 0. The van der Waals surface area contributed by atoms with Gasteiger partial charge in [-0.1, -0.05) is 0 Å². The number of aryl methyl sites for hydroxylation is 1. The Morgan fingerprint density at radius 3 is 2.74 bits per heavy atom. The van der Waals surface area contributed by atoms with Crippen molar-refractivity contribution in [2.24, 2.45) is 0 Å². The highest BCUT2D eigenvalue weighted by Gasteiger charge is 2.13. The van der Waals surface area contributed by atoms with Crippen molar-refractivity contribution in [3.63, 3.8) is 0 Å². The zero-order valence-corrected chi connectivity index (χ0v) is 11.0. The molecule has 0 radical (unpaired) electrons. The number of rotatable bonds is 5. The second-order valence-corrected chi connectivity index (χ2v) is 4.63. The van der Waals surface area contributed by atoms with E-state index < -0.39 is 0 Å². The first kappa shape index (κ1) is 13.7. The maximum absolute atomic E-state index is 13.8. The number of furan rings is 1. The lowest BCUT2D eigenvalue weighted by molar-refractivity contribution is 0.477. The molecule has 0 bridgehead atoms. The van der Waals surface area contributed by atoms with Crippen molar-refractivity contribution in [2.75, 3.05) is 6.54 Å². The molecule has 1 unspecified atom stereocenters. The van der Waals surface area contributed by atoms with Gasteiger partial charge < -0.3 is 9.73 Å². The zero-order chi connectivity index (χ0) is 13.8. The van der Waals surface area contributed by atoms with Crippen LogP contribution in [-0.2, 0) is 6.42 Å². The fourth-order valence-corrected chi connectivity index (χ4v) is 1.97. The molecule has 0 aliphatic carbocycles. The molecule has 0 aliphatic heterocycles. The molecule has 0 saturated carbocycles. The summed E-state index contributed by atoms with van der Waals surface area (Å²) in [5, 5.41) is 3.16. The van der Waals surface area contributed by atoms with Gasteiger partial charge in [0.2, 0.25) is 0 Å². The van der Waals surface area contributed by atoms with Crippen LogP contribution >= 0.6 is 0 Å². The van der Waals surface area contributed by atoms with Gasteiger partial charge in [-0.25, -0.2) is 8.78 Å². The van der Waals surface area contributed by atoms with Crippen molar-refractivity contribution in [3.8, 4) is 0 Å². The molecule has 1 heterocycles. The van der Waals surface area contributed by atoms with Crippen LogP contribution in [-0.4, -0.2) is 6.54 Å². The fraction of sp³-hybridized carbons (Fsp3) is 0.333. The third-order valence-electron chi connectivity index (χ3n) is 3.15. The van der Waals surface area contributed by atoms with E-state index in [1.807, 2.05) is 19.1 Å². The molecule has 0 amide bonds. The highest BCUT2D eigenvalue weighted by atomic mass is 19.1. The molecule has 0 saturated heterocycles. The van der Waals surface area contributed by atoms with Crippen LogP contribution in [0.4, 0.5) is 8.78 Å². The second-order valence-electron chi connectivity index (χ2n) is 4.63. The monoisotopic (exact) mass is 265 g/mol. The van der Waals surface area contributed by atoms with Crippen molar-refractivity contribution in [1.29, 1.82) is 0 Å². The molecule has 1 aromatic carbocycles. The van der Waals surface area contributed by atoms with E-state index in [2.05, 4.69) is 5.32 Å². The number of nitrogens with one attached hydrogen (secondary N) is 1. The maximum atomic E-state index is 13.8. The van der Waals surface area contributed by atoms with Crippen LogP contribution in [0.25, 0.3) is 0 Å². The Morgan fingerprint density at radius 1 is 1.26 bits per heavy atom. The summed E-state index contributed by atoms with van der Waals surface area (Å²) in [5.41, 5.74) is 0.673. The molecule has 2 aromatic rings. The van der Waals surface area contributed by atoms with Gasteiger partial charge in [0, 0.05) is 24.6 Å². The molecule has 1 atom stereocenters. The Balaban J connectivity index is 1.96. The third kappa shape index (κ3) is 3.41. The molecular weight excluding hydrogens is 248 g/mol. The molecular formula is C15H17F2NO. The van der Waals surface area contributed by atoms with Crippen molar-refractivity contribution in [1.82, 2.24) is 5.32 Å². The molecule has 1 N–H and O–H groups in total. The number of benzene rings is 1. The standard InChI is InChI=1S/C15H17F2NO/c1-10-8-15(17)13(9-14(10)16)11(2)18-6-5-12-4-3-7-19-12/h3-4,7-9,11,18H,5-6H2,1-2H3. The largest absolute Gasteiger partial charge is 0.469 e. The highest BCUT2D eigenvalue weighted by Crippen LogP contribution is 2.20. The van der Waals surface area contributed by atoms with E-state index in [-0.39, 0.29) is 17.7 Å². The molecule has 0 fully saturated rings. The quantitative estimate of drug-likeness (QED) is 0.890. The van der Waals surface area contributed by atoms with E-state index in [9.17, 15) is 8.78 Å². The minimum atomic E-state index is -0.379. The van der Waals surface area contributed by atoms with Crippen LogP contribution in [0.1, 0.15) is 29.9 Å². The van der Waals surface area contributed by atoms with Gasteiger partial charge in [0.25, 0.3) is 0 Å². The van der Waals surface area contributed by atoms with E-state index >= 15 is 0 Å². The summed E-state index contributed by atoms with van der Waals surface area (Å²) in [6.45, 7) is 4.01. The smallest absolute Gasteiger partial charge is 0.128 e. The van der Waals surface area contributed by atoms with Crippen LogP contribution in [0.15, 0.2) is 34.9 Å². The first-order valence-corrected chi connectivity index (χ1v) is 6.29. The first-order valence-electron chi connectivity index (χ1n) is 6.29. The van der Waals surface area contributed by atoms with Crippen molar-refractivity contribution >= 4 is 0 Å². The summed E-state index contributed by atoms with van der Waals surface area (Å²) in [7, 11) is 0. The van der Waals surface area contributed by atoms with Crippen LogP contribution in [0, 0.1) is 18.6 Å². The predicted molar refractivity (Wildman–Crippen MR) is 69.9 cm³/mol. The third-order valence-corrected chi connectivity index (χ3v) is 3.15. The molecule has 0 spiro atoms. The lowest BCUT2D eigenvalue weighted by Crippen LogP contribution is -2.22. The Morgan fingerprint density at radius 2 is 2.05 bits per heavy atom. The minimum Gasteiger partial charge on any atom is -0.469 e. The van der Waals surface area contributed by atoms with Gasteiger partial charge in [-0.3, -0.25) is 0 Å². The molecule has 102 valence electrons. The fourth-order valence-electron chi connectivity index (χ4n) is 1.97. The zero-order valence-electron chi connectivity index (χ0n) is 11.0. The predicted octanol–water partition coefficient (Wildman–Crippen LogP) is 3.76. The average Bonchev–Trinajstić information content (AvgIpc) is 2.86. The molecule has 2 nitrogen and oxygen atoms in total. The van der Waals surface area contributed by atoms with E-state index in [4.69, 9.17) is 4.42 Å². The Kier molecular flexibility index (Phi) is 4.32. The Hall–Kier alpha value is -1.68. The lowest BCUT2D eigenvalue weighted by atomic mass is 10.0. The molecule has 1 aromatic heterocycles. The summed E-state index contributed by atoms with van der Waals surface area (Å²) >= 11 is 0. The summed E-state index contributed by atoms with van der Waals surface area (Å²) in [5.74, 6) is 0.114. The van der Waals surface area contributed by atoms with Crippen LogP contribution < -0.4 is 5.32 Å². The van der Waals surface area contributed by atoms with Crippen molar-refractivity contribution in [3.05, 3.63) is 59.1 Å². The lowest BCUT2D eigenvalue weighted by Gasteiger charge is -2.15. The van der Waals surface area contributed by atoms with Gasteiger partial charge in [0.1, 0.15) is 17.4 Å². The van der Waals surface area contributed by atoms with E-state index in [1.165, 1.54) is 12.1 Å². The van der Waals surface area contributed by atoms with Gasteiger partial charge in [0.05, 0.1) is 6.26 Å². The average molecular weight is 265 g/mol. The van der Waals surface area contributed by atoms with E-state index in [1.54, 1.807) is 13.2 Å². The van der Waals surface area contributed by atoms with E-state index in [0.29, 0.717) is 24.1 Å².